The van der Waals surface area contributed by atoms with Gasteiger partial charge in [-0.2, -0.15) is 5.10 Å². The quantitative estimate of drug-likeness (QED) is 0.570. The molecule has 5 heteroatoms. The van der Waals surface area contributed by atoms with E-state index in [-0.39, 0.29) is 5.75 Å². The Balaban J connectivity index is 1.71. The summed E-state index contributed by atoms with van der Waals surface area (Å²) in [7, 11) is 0. The van der Waals surface area contributed by atoms with Crippen molar-refractivity contribution < 1.29 is 5.11 Å². The van der Waals surface area contributed by atoms with Gasteiger partial charge in [-0.05, 0) is 42.3 Å². The minimum absolute atomic E-state index is 0.231. The fourth-order valence-corrected chi connectivity index (χ4v) is 2.07. The molecule has 0 saturated heterocycles. The Hall–Kier alpha value is -3.21. The zero-order valence-corrected chi connectivity index (χ0v) is 12.6. The molecule has 0 unspecified atom stereocenters. The smallest absolute Gasteiger partial charge is 0.243 e. The SMILES string of the molecule is C/C(=N\Nc1ncc(-c2ccccc2)cn1)c1ccc(O)cc1. The number of aromatic hydroxyl groups is 1. The molecule has 1 aromatic heterocycles. The van der Waals surface area contributed by atoms with Crippen molar-refractivity contribution in [3.05, 3.63) is 72.6 Å². The van der Waals surface area contributed by atoms with E-state index in [0.717, 1.165) is 22.4 Å². The van der Waals surface area contributed by atoms with Crippen molar-refractivity contribution in [2.24, 2.45) is 5.10 Å². The molecular weight excluding hydrogens is 288 g/mol. The van der Waals surface area contributed by atoms with Crippen LogP contribution in [0.2, 0.25) is 0 Å². The molecule has 23 heavy (non-hydrogen) atoms. The van der Waals surface area contributed by atoms with Gasteiger partial charge in [-0.25, -0.2) is 15.4 Å². The molecular formula is C18H16N4O. The van der Waals surface area contributed by atoms with Crippen LogP contribution >= 0.6 is 0 Å². The molecule has 0 spiro atoms. The van der Waals surface area contributed by atoms with E-state index in [1.54, 1.807) is 36.7 Å². The second-order valence-corrected chi connectivity index (χ2v) is 5.02. The Labute approximate surface area is 134 Å². The highest BCUT2D eigenvalue weighted by molar-refractivity contribution is 5.99. The summed E-state index contributed by atoms with van der Waals surface area (Å²) in [6, 6.07) is 16.8. The number of rotatable bonds is 4. The Morgan fingerprint density at radius 3 is 2.22 bits per heavy atom. The first-order chi connectivity index (χ1) is 11.2. The lowest BCUT2D eigenvalue weighted by Gasteiger charge is -2.04. The molecule has 0 aliphatic carbocycles. The summed E-state index contributed by atoms with van der Waals surface area (Å²) in [5.74, 6) is 0.664. The number of benzene rings is 2. The predicted molar refractivity (Wildman–Crippen MR) is 91.4 cm³/mol. The van der Waals surface area contributed by atoms with E-state index in [0.29, 0.717) is 5.95 Å². The lowest BCUT2D eigenvalue weighted by Crippen LogP contribution is -2.02. The van der Waals surface area contributed by atoms with Crippen molar-refractivity contribution in [3.8, 4) is 16.9 Å². The largest absolute Gasteiger partial charge is 0.508 e. The highest BCUT2D eigenvalue weighted by atomic mass is 16.3. The van der Waals surface area contributed by atoms with E-state index in [9.17, 15) is 5.11 Å². The normalized spacial score (nSPS) is 11.3. The molecule has 2 N–H and O–H groups in total. The maximum Gasteiger partial charge on any atom is 0.243 e. The van der Waals surface area contributed by atoms with Gasteiger partial charge in [-0.1, -0.05) is 30.3 Å². The summed E-state index contributed by atoms with van der Waals surface area (Å²) in [5, 5.41) is 13.5. The van der Waals surface area contributed by atoms with Crippen molar-refractivity contribution in [1.29, 1.82) is 0 Å². The minimum Gasteiger partial charge on any atom is -0.508 e. The number of aromatic nitrogens is 2. The van der Waals surface area contributed by atoms with Crippen LogP contribution in [0.15, 0.2) is 72.1 Å². The van der Waals surface area contributed by atoms with Gasteiger partial charge in [-0.15, -0.1) is 0 Å². The second kappa shape index (κ2) is 6.70. The van der Waals surface area contributed by atoms with Gasteiger partial charge >= 0.3 is 0 Å². The highest BCUT2D eigenvalue weighted by Crippen LogP contribution is 2.17. The fourth-order valence-electron chi connectivity index (χ4n) is 2.07. The molecule has 0 radical (unpaired) electrons. The van der Waals surface area contributed by atoms with E-state index in [1.165, 1.54) is 0 Å². The molecule has 114 valence electrons. The summed E-state index contributed by atoms with van der Waals surface area (Å²) < 4.78 is 0. The van der Waals surface area contributed by atoms with Crippen molar-refractivity contribution in [2.45, 2.75) is 6.92 Å². The van der Waals surface area contributed by atoms with Crippen LogP contribution in [0.5, 0.6) is 5.75 Å². The molecule has 0 aliphatic rings. The lowest BCUT2D eigenvalue weighted by atomic mass is 10.1. The van der Waals surface area contributed by atoms with Gasteiger partial charge in [0.05, 0.1) is 5.71 Å². The van der Waals surface area contributed by atoms with Gasteiger partial charge in [0.2, 0.25) is 5.95 Å². The van der Waals surface area contributed by atoms with Crippen LogP contribution in [0.4, 0.5) is 5.95 Å². The summed E-state index contributed by atoms with van der Waals surface area (Å²) in [6.07, 6.45) is 3.52. The topological polar surface area (TPSA) is 70.4 Å². The molecule has 0 fully saturated rings. The van der Waals surface area contributed by atoms with E-state index >= 15 is 0 Å². The summed E-state index contributed by atoms with van der Waals surface area (Å²) in [4.78, 5) is 8.53. The molecule has 0 aliphatic heterocycles. The van der Waals surface area contributed by atoms with E-state index in [2.05, 4.69) is 20.5 Å². The maximum atomic E-state index is 9.29. The number of anilines is 1. The zero-order chi connectivity index (χ0) is 16.1. The lowest BCUT2D eigenvalue weighted by molar-refractivity contribution is 0.475. The number of hydrazone groups is 1. The van der Waals surface area contributed by atoms with E-state index in [1.807, 2.05) is 37.3 Å². The standard InChI is InChI=1S/C18H16N4O/c1-13(14-7-9-17(23)10-8-14)21-22-18-19-11-16(12-20-18)15-5-3-2-4-6-15/h2-12,23H,1H3,(H,19,20,22)/b21-13+. The Bertz CT molecular complexity index is 797. The van der Waals surface area contributed by atoms with Crippen LogP contribution in [-0.2, 0) is 0 Å². The van der Waals surface area contributed by atoms with E-state index < -0.39 is 0 Å². The van der Waals surface area contributed by atoms with E-state index in [4.69, 9.17) is 0 Å². The average Bonchev–Trinajstić information content (AvgIpc) is 2.61. The van der Waals surface area contributed by atoms with Gasteiger partial charge in [0, 0.05) is 18.0 Å². The molecule has 0 bridgehead atoms. The third kappa shape index (κ3) is 3.71. The molecule has 0 saturated carbocycles. The second-order valence-electron chi connectivity index (χ2n) is 5.02. The van der Waals surface area contributed by atoms with Gasteiger partial charge in [0.25, 0.3) is 0 Å². The molecule has 5 nitrogen and oxygen atoms in total. The predicted octanol–water partition coefficient (Wildman–Crippen LogP) is 3.69. The third-order valence-electron chi connectivity index (χ3n) is 3.37. The van der Waals surface area contributed by atoms with Crippen LogP contribution in [0.3, 0.4) is 0 Å². The van der Waals surface area contributed by atoms with Crippen LogP contribution < -0.4 is 5.43 Å². The van der Waals surface area contributed by atoms with Crippen LogP contribution in [0.1, 0.15) is 12.5 Å². The molecule has 0 amide bonds. The number of hydrogen-bond donors (Lipinski definition) is 2. The highest BCUT2D eigenvalue weighted by Gasteiger charge is 2.01. The zero-order valence-electron chi connectivity index (χ0n) is 12.6. The Morgan fingerprint density at radius 2 is 1.57 bits per heavy atom. The Kier molecular flexibility index (Phi) is 4.29. The van der Waals surface area contributed by atoms with Gasteiger partial charge in [-0.3, -0.25) is 0 Å². The van der Waals surface area contributed by atoms with Crippen LogP contribution in [0, 0.1) is 0 Å². The summed E-state index contributed by atoms with van der Waals surface area (Å²) in [6.45, 7) is 1.87. The molecule has 2 aromatic carbocycles. The first-order valence-electron chi connectivity index (χ1n) is 7.19. The van der Waals surface area contributed by atoms with Gasteiger partial charge < -0.3 is 5.11 Å². The van der Waals surface area contributed by atoms with Crippen molar-refractivity contribution in [3.63, 3.8) is 0 Å². The first-order valence-corrected chi connectivity index (χ1v) is 7.19. The molecule has 3 rings (SSSR count). The third-order valence-corrected chi connectivity index (χ3v) is 3.37. The monoisotopic (exact) mass is 304 g/mol. The molecule has 3 aromatic rings. The number of nitrogens with one attached hydrogen (secondary N) is 1. The first kappa shape index (κ1) is 14.7. The van der Waals surface area contributed by atoms with Crippen molar-refractivity contribution in [1.82, 2.24) is 9.97 Å². The number of phenolic OH excluding ortho intramolecular Hbond substituents is 1. The van der Waals surface area contributed by atoms with Crippen molar-refractivity contribution >= 4 is 11.7 Å². The number of nitrogens with zero attached hydrogens (tertiary/aromatic N) is 3. The maximum absolute atomic E-state index is 9.29. The summed E-state index contributed by atoms with van der Waals surface area (Å²) >= 11 is 0. The summed E-state index contributed by atoms with van der Waals surface area (Å²) in [5.41, 5.74) is 6.56. The fraction of sp³-hybridized carbons (Fsp3) is 0.0556. The average molecular weight is 304 g/mol. The molecule has 0 atom stereocenters. The van der Waals surface area contributed by atoms with Crippen LogP contribution in [0.25, 0.3) is 11.1 Å². The molecule has 1 heterocycles. The number of hydrogen-bond acceptors (Lipinski definition) is 5. The van der Waals surface area contributed by atoms with Gasteiger partial charge in [0.15, 0.2) is 0 Å². The van der Waals surface area contributed by atoms with Gasteiger partial charge in [0.1, 0.15) is 5.75 Å². The minimum atomic E-state index is 0.231. The van der Waals surface area contributed by atoms with Crippen molar-refractivity contribution in [2.75, 3.05) is 5.43 Å². The Morgan fingerprint density at radius 1 is 0.913 bits per heavy atom. The van der Waals surface area contributed by atoms with Crippen LogP contribution in [-0.4, -0.2) is 20.8 Å². The number of phenols is 1.